The van der Waals surface area contributed by atoms with Gasteiger partial charge in [0.25, 0.3) is 0 Å². The number of para-hydroxylation sites is 2. The number of benzene rings is 7. The summed E-state index contributed by atoms with van der Waals surface area (Å²) < 4.78 is 0. The van der Waals surface area contributed by atoms with Gasteiger partial charge in [-0.15, -0.1) is 0 Å². The monoisotopic (exact) mass is 585 g/mol. The predicted molar refractivity (Wildman–Crippen MR) is 192 cm³/mol. The number of pyridine rings is 1. The number of nitrogens with zero attached hydrogens (tertiary/aromatic N) is 3. The lowest BCUT2D eigenvalue weighted by molar-refractivity contribution is 1.23. The van der Waals surface area contributed by atoms with Crippen molar-refractivity contribution in [2.75, 3.05) is 0 Å². The highest BCUT2D eigenvalue weighted by Gasteiger charge is 2.14. The SMILES string of the molecule is c1ccc(-c2nc(-c3cccc(-c4ccc(-c5nc6ccccc6c6c5ccc5ccccc56)cc4)c3)nc3ccccc23)cc1. The molecule has 2 aromatic heterocycles. The second-order valence-corrected chi connectivity index (χ2v) is 11.6. The Balaban J connectivity index is 1.14. The van der Waals surface area contributed by atoms with Gasteiger partial charge in [-0.25, -0.2) is 15.0 Å². The molecule has 0 unspecified atom stereocenters. The lowest BCUT2D eigenvalue weighted by Gasteiger charge is -2.13. The number of fused-ring (bicyclic) bond motifs is 6. The highest BCUT2D eigenvalue weighted by molar-refractivity contribution is 6.22. The molecule has 46 heavy (non-hydrogen) atoms. The maximum absolute atomic E-state index is 5.18. The van der Waals surface area contributed by atoms with E-state index in [0.717, 1.165) is 66.8 Å². The van der Waals surface area contributed by atoms with Gasteiger partial charge >= 0.3 is 0 Å². The van der Waals surface area contributed by atoms with Crippen molar-refractivity contribution in [3.05, 3.63) is 164 Å². The molecule has 0 aliphatic heterocycles. The average Bonchev–Trinajstić information content (AvgIpc) is 3.14. The molecule has 3 nitrogen and oxygen atoms in total. The zero-order valence-electron chi connectivity index (χ0n) is 24.9. The molecule has 0 radical (unpaired) electrons. The Bertz CT molecular complexity index is 2560. The van der Waals surface area contributed by atoms with E-state index >= 15 is 0 Å². The molecule has 0 saturated carbocycles. The van der Waals surface area contributed by atoms with Crippen LogP contribution in [0, 0.1) is 0 Å². The van der Waals surface area contributed by atoms with Crippen LogP contribution in [-0.2, 0) is 0 Å². The Morgan fingerprint density at radius 2 is 0.891 bits per heavy atom. The van der Waals surface area contributed by atoms with Gasteiger partial charge in [0.05, 0.1) is 22.4 Å². The molecule has 9 aromatic rings. The lowest BCUT2D eigenvalue weighted by atomic mass is 9.94. The number of hydrogen-bond acceptors (Lipinski definition) is 3. The van der Waals surface area contributed by atoms with Crippen LogP contribution in [0.4, 0.5) is 0 Å². The number of rotatable bonds is 4. The molecular weight excluding hydrogens is 558 g/mol. The largest absolute Gasteiger partial charge is 0.247 e. The zero-order valence-corrected chi connectivity index (χ0v) is 24.9. The Hall–Kier alpha value is -6.19. The molecule has 0 N–H and O–H groups in total. The highest BCUT2D eigenvalue weighted by Crippen LogP contribution is 2.38. The van der Waals surface area contributed by atoms with Gasteiger partial charge < -0.3 is 0 Å². The molecule has 0 spiro atoms. The lowest BCUT2D eigenvalue weighted by Crippen LogP contribution is -1.95. The van der Waals surface area contributed by atoms with Crippen LogP contribution in [0.25, 0.3) is 88.4 Å². The van der Waals surface area contributed by atoms with Crippen molar-refractivity contribution in [3.8, 4) is 45.0 Å². The molecule has 7 aromatic carbocycles. The van der Waals surface area contributed by atoms with E-state index in [-0.39, 0.29) is 0 Å². The topological polar surface area (TPSA) is 38.7 Å². The number of hydrogen-bond donors (Lipinski definition) is 0. The molecule has 9 rings (SSSR count). The maximum atomic E-state index is 5.18. The fourth-order valence-electron chi connectivity index (χ4n) is 6.62. The van der Waals surface area contributed by atoms with Crippen LogP contribution in [0.3, 0.4) is 0 Å². The van der Waals surface area contributed by atoms with Gasteiger partial charge in [0, 0.05) is 38.2 Å². The van der Waals surface area contributed by atoms with E-state index in [1.54, 1.807) is 0 Å². The summed E-state index contributed by atoms with van der Waals surface area (Å²) >= 11 is 0. The van der Waals surface area contributed by atoms with E-state index in [1.807, 2.05) is 18.2 Å². The van der Waals surface area contributed by atoms with E-state index in [9.17, 15) is 0 Å². The molecule has 0 atom stereocenters. The molecule has 0 fully saturated rings. The molecular formula is C43H27N3. The van der Waals surface area contributed by atoms with E-state index in [2.05, 4.69) is 146 Å². The second-order valence-electron chi connectivity index (χ2n) is 11.6. The minimum absolute atomic E-state index is 0.718. The van der Waals surface area contributed by atoms with Gasteiger partial charge in [-0.1, -0.05) is 146 Å². The number of aromatic nitrogens is 3. The molecule has 3 heteroatoms. The van der Waals surface area contributed by atoms with E-state index in [0.29, 0.717) is 0 Å². The van der Waals surface area contributed by atoms with Gasteiger partial charge in [-0.3, -0.25) is 0 Å². The first-order valence-electron chi connectivity index (χ1n) is 15.5. The van der Waals surface area contributed by atoms with Crippen molar-refractivity contribution in [1.82, 2.24) is 15.0 Å². The smallest absolute Gasteiger partial charge is 0.160 e. The van der Waals surface area contributed by atoms with Crippen LogP contribution in [0.1, 0.15) is 0 Å². The van der Waals surface area contributed by atoms with Crippen LogP contribution in [0.5, 0.6) is 0 Å². The third kappa shape index (κ3) is 4.41. The van der Waals surface area contributed by atoms with Crippen molar-refractivity contribution in [2.24, 2.45) is 0 Å². The zero-order chi connectivity index (χ0) is 30.5. The van der Waals surface area contributed by atoms with E-state index in [1.165, 1.54) is 21.5 Å². The van der Waals surface area contributed by atoms with Crippen LogP contribution in [0.15, 0.2) is 164 Å². The molecule has 0 amide bonds. The van der Waals surface area contributed by atoms with Crippen molar-refractivity contribution in [2.45, 2.75) is 0 Å². The van der Waals surface area contributed by atoms with E-state index in [4.69, 9.17) is 15.0 Å². The van der Waals surface area contributed by atoms with Crippen LogP contribution in [0.2, 0.25) is 0 Å². The summed E-state index contributed by atoms with van der Waals surface area (Å²) in [5, 5.41) is 7.12. The van der Waals surface area contributed by atoms with Gasteiger partial charge in [-0.2, -0.15) is 0 Å². The molecule has 0 saturated heterocycles. The fraction of sp³-hybridized carbons (Fsp3) is 0. The second kappa shape index (κ2) is 10.8. The first kappa shape index (κ1) is 26.2. The summed E-state index contributed by atoms with van der Waals surface area (Å²) in [6.07, 6.45) is 0. The molecule has 0 aliphatic carbocycles. The molecule has 2 heterocycles. The molecule has 0 aliphatic rings. The van der Waals surface area contributed by atoms with Crippen molar-refractivity contribution >= 4 is 43.4 Å². The summed E-state index contributed by atoms with van der Waals surface area (Å²) in [4.78, 5) is 15.2. The first-order valence-corrected chi connectivity index (χ1v) is 15.5. The maximum Gasteiger partial charge on any atom is 0.160 e. The fourth-order valence-corrected chi connectivity index (χ4v) is 6.62. The highest BCUT2D eigenvalue weighted by atomic mass is 14.9. The quantitative estimate of drug-likeness (QED) is 0.193. The Morgan fingerprint density at radius 3 is 1.72 bits per heavy atom. The standard InChI is InChI=1S/C43H27N3/c1-2-12-30(13-3-1)41-36-18-7-9-20-39(36)45-43(46-41)33-15-10-14-32(27-33)28-21-23-31(24-22-28)42-37-26-25-29-11-4-5-16-34(29)40(37)35-17-6-8-19-38(35)44-42/h1-27H. The third-order valence-corrected chi connectivity index (χ3v) is 8.85. The van der Waals surface area contributed by atoms with Crippen molar-refractivity contribution < 1.29 is 0 Å². The third-order valence-electron chi connectivity index (χ3n) is 8.85. The molecule has 214 valence electrons. The van der Waals surface area contributed by atoms with Crippen LogP contribution in [-0.4, -0.2) is 15.0 Å². The van der Waals surface area contributed by atoms with E-state index < -0.39 is 0 Å². The first-order chi connectivity index (χ1) is 22.8. The van der Waals surface area contributed by atoms with Gasteiger partial charge in [0.15, 0.2) is 5.82 Å². The summed E-state index contributed by atoms with van der Waals surface area (Å²) in [7, 11) is 0. The summed E-state index contributed by atoms with van der Waals surface area (Å²) in [6.45, 7) is 0. The van der Waals surface area contributed by atoms with Gasteiger partial charge in [-0.05, 0) is 40.1 Å². The van der Waals surface area contributed by atoms with Gasteiger partial charge in [0.2, 0.25) is 0 Å². The summed E-state index contributed by atoms with van der Waals surface area (Å²) in [5.74, 6) is 0.718. The minimum atomic E-state index is 0.718. The molecule has 0 bridgehead atoms. The Kier molecular flexibility index (Phi) is 6.14. The van der Waals surface area contributed by atoms with Gasteiger partial charge in [0.1, 0.15) is 0 Å². The van der Waals surface area contributed by atoms with Crippen molar-refractivity contribution in [1.29, 1.82) is 0 Å². The van der Waals surface area contributed by atoms with Crippen LogP contribution < -0.4 is 0 Å². The Morgan fingerprint density at radius 1 is 0.304 bits per heavy atom. The summed E-state index contributed by atoms with van der Waals surface area (Å²) in [5.41, 5.74) is 9.28. The average molecular weight is 586 g/mol. The van der Waals surface area contributed by atoms with Crippen molar-refractivity contribution in [3.63, 3.8) is 0 Å². The predicted octanol–water partition coefficient (Wildman–Crippen LogP) is 11.2. The summed E-state index contributed by atoms with van der Waals surface area (Å²) in [6, 6.07) is 57.3. The Labute approximate surface area is 266 Å². The minimum Gasteiger partial charge on any atom is -0.247 e. The van der Waals surface area contributed by atoms with Crippen LogP contribution >= 0.6 is 0 Å². The normalized spacial score (nSPS) is 11.5.